The van der Waals surface area contributed by atoms with E-state index in [1.807, 2.05) is 17.0 Å². The maximum absolute atomic E-state index is 12.7. The summed E-state index contributed by atoms with van der Waals surface area (Å²) < 4.78 is 26.9. The van der Waals surface area contributed by atoms with Crippen molar-refractivity contribution in [3.05, 3.63) is 29.8 Å². The number of rotatable bonds is 5. The zero-order valence-electron chi connectivity index (χ0n) is 15.7. The topological polar surface area (TPSA) is 57.7 Å². The number of benzene rings is 1. The van der Waals surface area contributed by atoms with Crippen molar-refractivity contribution in [2.75, 3.05) is 26.2 Å². The van der Waals surface area contributed by atoms with Crippen LogP contribution in [0, 0.1) is 5.92 Å². The smallest absolute Gasteiger partial charge is 0.243 e. The zero-order valence-corrected chi connectivity index (χ0v) is 16.5. The zero-order chi connectivity index (χ0) is 18.6. The molecule has 2 saturated heterocycles. The van der Waals surface area contributed by atoms with Crippen LogP contribution in [0.25, 0.3) is 0 Å². The fourth-order valence-electron chi connectivity index (χ4n) is 3.91. The molecule has 26 heavy (non-hydrogen) atoms. The Morgan fingerprint density at radius 1 is 1.04 bits per heavy atom. The number of carbonyl (C=O) groups is 1. The summed E-state index contributed by atoms with van der Waals surface area (Å²) in [6.45, 7) is 5.17. The van der Waals surface area contributed by atoms with Crippen molar-refractivity contribution in [3.8, 4) is 0 Å². The molecule has 144 valence electrons. The molecule has 1 amide bonds. The van der Waals surface area contributed by atoms with E-state index in [-0.39, 0.29) is 5.91 Å². The predicted molar refractivity (Wildman–Crippen MR) is 102 cm³/mol. The fourth-order valence-corrected chi connectivity index (χ4v) is 5.42. The van der Waals surface area contributed by atoms with E-state index in [0.717, 1.165) is 44.3 Å². The molecule has 1 unspecified atom stereocenters. The van der Waals surface area contributed by atoms with E-state index >= 15 is 0 Å². The molecule has 1 aromatic carbocycles. The normalized spacial score (nSPS) is 22.3. The summed E-state index contributed by atoms with van der Waals surface area (Å²) >= 11 is 0. The molecular weight excluding hydrogens is 348 g/mol. The van der Waals surface area contributed by atoms with Crippen molar-refractivity contribution in [2.24, 2.45) is 5.92 Å². The second-order valence-electron chi connectivity index (χ2n) is 7.70. The van der Waals surface area contributed by atoms with Crippen molar-refractivity contribution in [3.63, 3.8) is 0 Å². The van der Waals surface area contributed by atoms with E-state index in [9.17, 15) is 13.2 Å². The molecule has 5 nitrogen and oxygen atoms in total. The van der Waals surface area contributed by atoms with Gasteiger partial charge in [-0.15, -0.1) is 0 Å². The van der Waals surface area contributed by atoms with Crippen LogP contribution in [0.3, 0.4) is 0 Å². The van der Waals surface area contributed by atoms with Gasteiger partial charge >= 0.3 is 0 Å². The first-order valence-corrected chi connectivity index (χ1v) is 11.3. The van der Waals surface area contributed by atoms with Gasteiger partial charge in [0.25, 0.3) is 0 Å². The highest BCUT2D eigenvalue weighted by Crippen LogP contribution is 2.21. The van der Waals surface area contributed by atoms with E-state index in [0.29, 0.717) is 36.7 Å². The number of nitrogens with zero attached hydrogens (tertiary/aromatic N) is 2. The van der Waals surface area contributed by atoms with Gasteiger partial charge in [-0.05, 0) is 55.7 Å². The number of carbonyl (C=O) groups excluding carboxylic acids is 1. The van der Waals surface area contributed by atoms with Crippen LogP contribution in [0.15, 0.2) is 29.2 Å². The average Bonchev–Trinajstić information content (AvgIpc) is 2.67. The third-order valence-electron chi connectivity index (χ3n) is 5.51. The average molecular weight is 379 g/mol. The third kappa shape index (κ3) is 4.65. The summed E-state index contributed by atoms with van der Waals surface area (Å²) in [5.41, 5.74) is 1.01. The Hall–Kier alpha value is -1.40. The maximum Gasteiger partial charge on any atom is 0.243 e. The van der Waals surface area contributed by atoms with Crippen LogP contribution in [0.4, 0.5) is 0 Å². The molecule has 2 heterocycles. The molecule has 0 bridgehead atoms. The van der Waals surface area contributed by atoms with E-state index < -0.39 is 10.0 Å². The summed E-state index contributed by atoms with van der Waals surface area (Å²) in [4.78, 5) is 14.7. The van der Waals surface area contributed by atoms with Gasteiger partial charge in [-0.3, -0.25) is 4.79 Å². The van der Waals surface area contributed by atoms with Crippen molar-refractivity contribution in [2.45, 2.75) is 56.8 Å². The number of hydrogen-bond acceptors (Lipinski definition) is 3. The number of sulfonamides is 1. The molecule has 1 aromatic rings. The van der Waals surface area contributed by atoms with Crippen molar-refractivity contribution < 1.29 is 13.2 Å². The first kappa shape index (κ1) is 19.4. The Morgan fingerprint density at radius 3 is 2.38 bits per heavy atom. The number of hydrogen-bond donors (Lipinski definition) is 0. The molecular formula is C20H30N2O3S. The monoisotopic (exact) mass is 378 g/mol. The van der Waals surface area contributed by atoms with Gasteiger partial charge in [0.2, 0.25) is 15.9 Å². The predicted octanol–water partition coefficient (Wildman–Crippen LogP) is 3.05. The van der Waals surface area contributed by atoms with Gasteiger partial charge in [-0.25, -0.2) is 8.42 Å². The standard InChI is InChI=1S/C20H30N2O3S/c1-17-6-5-13-21(16-17)20(23)12-9-18-7-10-19(11-8-18)26(24,25)22-14-3-2-4-15-22/h7-8,10-11,17H,2-6,9,12-16H2,1H3. The highest BCUT2D eigenvalue weighted by molar-refractivity contribution is 7.89. The van der Waals surface area contributed by atoms with E-state index in [1.165, 1.54) is 6.42 Å². The molecule has 0 N–H and O–H groups in total. The lowest BCUT2D eigenvalue weighted by molar-refractivity contribution is -0.132. The van der Waals surface area contributed by atoms with Gasteiger partial charge < -0.3 is 4.90 Å². The van der Waals surface area contributed by atoms with Crippen molar-refractivity contribution in [1.82, 2.24) is 9.21 Å². The molecule has 0 aliphatic carbocycles. The Morgan fingerprint density at radius 2 is 1.73 bits per heavy atom. The number of aryl methyl sites for hydroxylation is 1. The van der Waals surface area contributed by atoms with Crippen LogP contribution in [-0.4, -0.2) is 49.7 Å². The minimum atomic E-state index is -3.38. The maximum atomic E-state index is 12.7. The molecule has 6 heteroatoms. The lowest BCUT2D eigenvalue weighted by atomic mass is 9.99. The Kier molecular flexibility index (Phi) is 6.35. The fraction of sp³-hybridized carbons (Fsp3) is 0.650. The van der Waals surface area contributed by atoms with Crippen LogP contribution in [0.2, 0.25) is 0 Å². The van der Waals surface area contributed by atoms with Gasteiger partial charge in [0, 0.05) is 32.6 Å². The molecule has 0 aromatic heterocycles. The number of likely N-dealkylation sites (tertiary alicyclic amines) is 1. The highest BCUT2D eigenvalue weighted by atomic mass is 32.2. The van der Waals surface area contributed by atoms with Gasteiger partial charge in [0.05, 0.1) is 4.90 Å². The van der Waals surface area contributed by atoms with Crippen LogP contribution >= 0.6 is 0 Å². The van der Waals surface area contributed by atoms with Crippen LogP contribution < -0.4 is 0 Å². The van der Waals surface area contributed by atoms with Gasteiger partial charge in [0.15, 0.2) is 0 Å². The molecule has 1 atom stereocenters. The quantitative estimate of drug-likeness (QED) is 0.791. The SMILES string of the molecule is CC1CCCN(C(=O)CCc2ccc(S(=O)(=O)N3CCCCC3)cc2)C1. The summed E-state index contributed by atoms with van der Waals surface area (Å²) in [6.07, 6.45) is 6.43. The first-order chi connectivity index (χ1) is 12.5. The first-order valence-electron chi connectivity index (χ1n) is 9.83. The largest absolute Gasteiger partial charge is 0.342 e. The summed E-state index contributed by atoms with van der Waals surface area (Å²) in [5, 5.41) is 0. The van der Waals surface area contributed by atoms with Crippen molar-refractivity contribution >= 4 is 15.9 Å². The molecule has 2 aliphatic rings. The highest BCUT2D eigenvalue weighted by Gasteiger charge is 2.26. The summed E-state index contributed by atoms with van der Waals surface area (Å²) in [7, 11) is -3.38. The van der Waals surface area contributed by atoms with E-state index in [1.54, 1.807) is 16.4 Å². The van der Waals surface area contributed by atoms with E-state index in [4.69, 9.17) is 0 Å². The lowest BCUT2D eigenvalue weighted by Gasteiger charge is -2.31. The molecule has 2 fully saturated rings. The van der Waals surface area contributed by atoms with Crippen LogP contribution in [-0.2, 0) is 21.2 Å². The minimum absolute atomic E-state index is 0.210. The Balaban J connectivity index is 1.56. The second kappa shape index (κ2) is 8.53. The molecule has 3 rings (SSSR count). The minimum Gasteiger partial charge on any atom is -0.342 e. The van der Waals surface area contributed by atoms with Crippen LogP contribution in [0.1, 0.15) is 51.0 Å². The van der Waals surface area contributed by atoms with Gasteiger partial charge in [-0.1, -0.05) is 25.5 Å². The number of amides is 1. The summed E-state index contributed by atoms with van der Waals surface area (Å²) in [5.74, 6) is 0.800. The Labute approximate surface area is 157 Å². The molecule has 0 saturated carbocycles. The summed E-state index contributed by atoms with van der Waals surface area (Å²) in [6, 6.07) is 7.07. The van der Waals surface area contributed by atoms with E-state index in [2.05, 4.69) is 6.92 Å². The van der Waals surface area contributed by atoms with Crippen LogP contribution in [0.5, 0.6) is 0 Å². The Bertz CT molecular complexity index is 709. The second-order valence-corrected chi connectivity index (χ2v) is 9.63. The van der Waals surface area contributed by atoms with Gasteiger partial charge in [0.1, 0.15) is 0 Å². The van der Waals surface area contributed by atoms with Crippen molar-refractivity contribution in [1.29, 1.82) is 0 Å². The third-order valence-corrected chi connectivity index (χ3v) is 7.43. The molecule has 0 radical (unpaired) electrons. The molecule has 2 aliphatic heterocycles. The molecule has 0 spiro atoms. The lowest BCUT2D eigenvalue weighted by Crippen LogP contribution is -2.39. The number of piperidine rings is 2. The van der Waals surface area contributed by atoms with Gasteiger partial charge in [-0.2, -0.15) is 4.31 Å².